The quantitative estimate of drug-likeness (QED) is 0.289. The molecular weight excluding hydrogens is 464 g/mol. The molecule has 2 aromatic carbocycles. The molecule has 2 amide bonds. The van der Waals surface area contributed by atoms with Crippen LogP contribution >= 0.6 is 0 Å². The fraction of sp³-hybridized carbons (Fsp3) is 0.548. The first-order valence-corrected chi connectivity index (χ1v) is 13.6. The lowest BCUT2D eigenvalue weighted by atomic mass is 9.93. The second kappa shape index (κ2) is 16.1. The molecule has 2 rings (SSSR count). The lowest BCUT2D eigenvalue weighted by Crippen LogP contribution is -2.48. The van der Waals surface area contributed by atoms with E-state index in [1.54, 1.807) is 0 Å². The van der Waals surface area contributed by atoms with Crippen LogP contribution in [0, 0.1) is 18.8 Å². The first-order chi connectivity index (χ1) is 17.6. The van der Waals surface area contributed by atoms with Crippen molar-refractivity contribution in [3.8, 4) is 5.75 Å². The summed E-state index contributed by atoms with van der Waals surface area (Å²) in [5.41, 5.74) is 2.18. The van der Waals surface area contributed by atoms with Crippen LogP contribution in [0.4, 0.5) is 0 Å². The third-order valence-electron chi connectivity index (χ3n) is 6.31. The highest BCUT2D eigenvalue weighted by molar-refractivity contribution is 5.77. The van der Waals surface area contributed by atoms with E-state index in [4.69, 9.17) is 4.74 Å². The SMILES string of the molecule is Cc1ccc(OCCC(=O)NC(Cc2ccccc2)[C@@H](O)CC(CCC(C)C)NC(=O)CC(C)C)cc1. The van der Waals surface area contributed by atoms with E-state index in [1.165, 1.54) is 0 Å². The summed E-state index contributed by atoms with van der Waals surface area (Å²) >= 11 is 0. The number of carbonyl (C=O) groups excluding carboxylic acids is 2. The fourth-order valence-corrected chi connectivity index (χ4v) is 4.22. The van der Waals surface area contributed by atoms with Crippen LogP contribution < -0.4 is 15.4 Å². The summed E-state index contributed by atoms with van der Waals surface area (Å²) in [5, 5.41) is 17.4. The number of aryl methyl sites for hydroxylation is 1. The number of carbonyl (C=O) groups is 2. The highest BCUT2D eigenvalue weighted by atomic mass is 16.5. The maximum Gasteiger partial charge on any atom is 0.223 e. The molecule has 2 aromatic rings. The molecule has 0 aliphatic carbocycles. The highest BCUT2D eigenvalue weighted by Gasteiger charge is 2.26. The van der Waals surface area contributed by atoms with Gasteiger partial charge in [0.05, 0.1) is 25.2 Å². The minimum atomic E-state index is -0.807. The lowest BCUT2D eigenvalue weighted by molar-refractivity contribution is -0.124. The summed E-state index contributed by atoms with van der Waals surface area (Å²) in [5.74, 6) is 1.32. The summed E-state index contributed by atoms with van der Waals surface area (Å²) in [4.78, 5) is 25.3. The molecule has 3 atom stereocenters. The van der Waals surface area contributed by atoms with Gasteiger partial charge in [-0.15, -0.1) is 0 Å². The van der Waals surface area contributed by atoms with Gasteiger partial charge < -0.3 is 20.5 Å². The van der Waals surface area contributed by atoms with Gasteiger partial charge in [0.2, 0.25) is 11.8 Å². The Hall–Kier alpha value is -2.86. The maximum absolute atomic E-state index is 12.8. The Balaban J connectivity index is 2.03. The van der Waals surface area contributed by atoms with E-state index >= 15 is 0 Å². The molecular formula is C31H46N2O4. The van der Waals surface area contributed by atoms with Crippen LogP contribution in [-0.2, 0) is 16.0 Å². The average molecular weight is 511 g/mol. The number of hydrogen-bond acceptors (Lipinski definition) is 4. The third kappa shape index (κ3) is 12.8. The van der Waals surface area contributed by atoms with E-state index in [9.17, 15) is 14.7 Å². The predicted octanol–water partition coefficient (Wildman–Crippen LogP) is 5.21. The van der Waals surface area contributed by atoms with E-state index < -0.39 is 12.1 Å². The van der Waals surface area contributed by atoms with Crippen LogP contribution in [-0.4, -0.2) is 41.7 Å². The van der Waals surface area contributed by atoms with Gasteiger partial charge in [0.25, 0.3) is 0 Å². The van der Waals surface area contributed by atoms with Crippen LogP contribution in [0.5, 0.6) is 5.75 Å². The Bertz CT molecular complexity index is 928. The van der Waals surface area contributed by atoms with Crippen molar-refractivity contribution in [3.05, 3.63) is 65.7 Å². The minimum absolute atomic E-state index is 0.00727. The van der Waals surface area contributed by atoms with Gasteiger partial charge in [-0.05, 0) is 62.1 Å². The van der Waals surface area contributed by atoms with E-state index in [-0.39, 0.29) is 36.8 Å². The van der Waals surface area contributed by atoms with Crippen molar-refractivity contribution in [2.24, 2.45) is 11.8 Å². The number of amides is 2. The van der Waals surface area contributed by atoms with Crippen molar-refractivity contribution >= 4 is 11.8 Å². The average Bonchev–Trinajstić information content (AvgIpc) is 2.83. The second-order valence-electron chi connectivity index (χ2n) is 10.9. The standard InChI is InChI=1S/C31H46N2O4/c1-22(2)11-14-26(32-31(36)19-23(3)4)21-29(34)28(20-25-9-7-6-8-10-25)33-30(35)17-18-37-27-15-12-24(5)13-16-27/h6-10,12-13,15-16,22-23,26,28-29,34H,11,14,17-21H2,1-5H3,(H,32,36)(H,33,35)/t26?,28?,29-/m0/s1. The van der Waals surface area contributed by atoms with Crippen molar-refractivity contribution in [1.29, 1.82) is 0 Å². The van der Waals surface area contributed by atoms with E-state index in [1.807, 2.05) is 75.4 Å². The molecule has 0 heterocycles. The molecule has 0 bridgehead atoms. The molecule has 37 heavy (non-hydrogen) atoms. The molecule has 6 nitrogen and oxygen atoms in total. The van der Waals surface area contributed by atoms with Gasteiger partial charge in [-0.1, -0.05) is 75.7 Å². The van der Waals surface area contributed by atoms with Gasteiger partial charge in [0, 0.05) is 12.5 Å². The van der Waals surface area contributed by atoms with Crippen molar-refractivity contribution < 1.29 is 19.4 Å². The Morgan fingerprint density at radius 1 is 0.865 bits per heavy atom. The van der Waals surface area contributed by atoms with Crippen molar-refractivity contribution in [2.75, 3.05) is 6.61 Å². The first kappa shape index (κ1) is 30.4. The van der Waals surface area contributed by atoms with E-state index in [0.29, 0.717) is 25.2 Å². The van der Waals surface area contributed by atoms with Crippen molar-refractivity contribution in [1.82, 2.24) is 10.6 Å². The summed E-state index contributed by atoms with van der Waals surface area (Å²) in [6.07, 6.45) is 2.46. The molecule has 0 aliphatic heterocycles. The molecule has 2 unspecified atom stereocenters. The van der Waals surface area contributed by atoms with Gasteiger partial charge in [0.1, 0.15) is 5.75 Å². The van der Waals surface area contributed by atoms with Gasteiger partial charge in [-0.25, -0.2) is 0 Å². The zero-order valence-corrected chi connectivity index (χ0v) is 23.2. The smallest absolute Gasteiger partial charge is 0.223 e. The van der Waals surface area contributed by atoms with E-state index in [0.717, 1.165) is 29.7 Å². The van der Waals surface area contributed by atoms with Crippen LogP contribution in [0.3, 0.4) is 0 Å². The zero-order chi connectivity index (χ0) is 27.2. The Kier molecular flexibility index (Phi) is 13.2. The Morgan fingerprint density at radius 2 is 1.54 bits per heavy atom. The first-order valence-electron chi connectivity index (χ1n) is 13.6. The number of nitrogens with one attached hydrogen (secondary N) is 2. The topological polar surface area (TPSA) is 87.7 Å². The van der Waals surface area contributed by atoms with Gasteiger partial charge in [-0.3, -0.25) is 9.59 Å². The number of rotatable bonds is 16. The molecule has 0 aromatic heterocycles. The molecule has 0 saturated heterocycles. The maximum atomic E-state index is 12.8. The Morgan fingerprint density at radius 3 is 2.16 bits per heavy atom. The normalized spacial score (nSPS) is 13.7. The van der Waals surface area contributed by atoms with Crippen LogP contribution in [0.15, 0.2) is 54.6 Å². The third-order valence-corrected chi connectivity index (χ3v) is 6.31. The molecule has 3 N–H and O–H groups in total. The predicted molar refractivity (Wildman–Crippen MR) is 149 cm³/mol. The van der Waals surface area contributed by atoms with Gasteiger partial charge >= 0.3 is 0 Å². The summed E-state index contributed by atoms with van der Waals surface area (Å²) in [6.45, 7) is 10.6. The molecule has 204 valence electrons. The highest BCUT2D eigenvalue weighted by Crippen LogP contribution is 2.17. The van der Waals surface area contributed by atoms with Crippen LogP contribution in [0.2, 0.25) is 0 Å². The van der Waals surface area contributed by atoms with Gasteiger partial charge in [-0.2, -0.15) is 0 Å². The molecule has 0 aliphatic rings. The van der Waals surface area contributed by atoms with Crippen molar-refractivity contribution in [2.45, 2.75) is 91.3 Å². The molecule has 0 radical (unpaired) electrons. The molecule has 6 heteroatoms. The van der Waals surface area contributed by atoms with E-state index in [2.05, 4.69) is 24.5 Å². The summed E-state index contributed by atoms with van der Waals surface area (Å²) in [7, 11) is 0. The number of ether oxygens (including phenoxy) is 1. The molecule has 0 fully saturated rings. The van der Waals surface area contributed by atoms with Crippen LogP contribution in [0.25, 0.3) is 0 Å². The molecule has 0 spiro atoms. The largest absolute Gasteiger partial charge is 0.493 e. The molecule has 0 saturated carbocycles. The van der Waals surface area contributed by atoms with Crippen LogP contribution in [0.1, 0.15) is 70.9 Å². The van der Waals surface area contributed by atoms with Gasteiger partial charge in [0.15, 0.2) is 0 Å². The summed E-state index contributed by atoms with van der Waals surface area (Å²) < 4.78 is 5.72. The fourth-order valence-electron chi connectivity index (χ4n) is 4.22. The number of aliphatic hydroxyl groups is 1. The monoisotopic (exact) mass is 510 g/mol. The number of aliphatic hydroxyl groups excluding tert-OH is 1. The summed E-state index contributed by atoms with van der Waals surface area (Å²) in [6, 6.07) is 16.9. The minimum Gasteiger partial charge on any atom is -0.493 e. The zero-order valence-electron chi connectivity index (χ0n) is 23.2. The second-order valence-corrected chi connectivity index (χ2v) is 10.9. The van der Waals surface area contributed by atoms with Crippen molar-refractivity contribution in [3.63, 3.8) is 0 Å². The number of hydrogen-bond donors (Lipinski definition) is 3. The lowest BCUT2D eigenvalue weighted by Gasteiger charge is -2.29. The number of benzene rings is 2. The Labute approximate surface area is 223 Å².